The molecule has 0 atom stereocenters. The lowest BCUT2D eigenvalue weighted by molar-refractivity contribution is -0.404. The summed E-state index contributed by atoms with van der Waals surface area (Å²) in [5.41, 5.74) is -0.904. The van der Waals surface area contributed by atoms with E-state index < -0.39 is 5.60 Å². The zero-order valence-corrected chi connectivity index (χ0v) is 8.68. The molecule has 0 aliphatic heterocycles. The number of aliphatic hydroxyl groups is 1. The van der Waals surface area contributed by atoms with Crippen LogP contribution in [0.2, 0.25) is 0 Å². The molecule has 0 saturated carbocycles. The fourth-order valence-electron chi connectivity index (χ4n) is 0.311. The van der Waals surface area contributed by atoms with Gasteiger partial charge in [0, 0.05) is 0 Å². The van der Waals surface area contributed by atoms with Crippen molar-refractivity contribution in [1.82, 2.24) is 0 Å². The van der Waals surface area contributed by atoms with Crippen LogP contribution in [-0.2, 0) is 9.78 Å². The third-order valence-corrected chi connectivity index (χ3v) is 1.73. The largest absolute Gasteiger partial charge is 0.393 e. The second-order valence-electron chi connectivity index (χ2n) is 4.20. The fraction of sp³-hybridized carbons (Fsp3) is 1.00. The summed E-state index contributed by atoms with van der Waals surface area (Å²) in [4.78, 5) is 10.3. The molecular formula is C9H20O3. The number of hydrogen-bond donors (Lipinski definition) is 1. The van der Waals surface area contributed by atoms with Crippen LogP contribution in [0.1, 0.15) is 41.0 Å². The van der Waals surface area contributed by atoms with Crippen LogP contribution in [-0.4, -0.2) is 22.9 Å². The molecule has 0 bridgehead atoms. The van der Waals surface area contributed by atoms with Gasteiger partial charge in [-0.2, -0.15) is 0 Å². The van der Waals surface area contributed by atoms with Crippen molar-refractivity contribution >= 4 is 0 Å². The van der Waals surface area contributed by atoms with Gasteiger partial charge in [-0.25, -0.2) is 9.78 Å². The molecule has 0 aromatic carbocycles. The van der Waals surface area contributed by atoms with E-state index in [0.717, 1.165) is 6.42 Å². The van der Waals surface area contributed by atoms with Crippen LogP contribution in [0.4, 0.5) is 0 Å². The summed E-state index contributed by atoms with van der Waals surface area (Å²) in [6.07, 6.45) is 0.870. The molecule has 0 rings (SSSR count). The molecule has 74 valence electrons. The Kier molecular flexibility index (Phi) is 4.17. The van der Waals surface area contributed by atoms with Crippen LogP contribution in [0.3, 0.4) is 0 Å². The summed E-state index contributed by atoms with van der Waals surface area (Å²) in [6, 6.07) is 0. The smallest absolute Gasteiger partial charge is 0.121 e. The van der Waals surface area contributed by atoms with Crippen LogP contribution in [0.15, 0.2) is 0 Å². The maximum atomic E-state index is 8.86. The van der Waals surface area contributed by atoms with Crippen molar-refractivity contribution in [2.24, 2.45) is 0 Å². The van der Waals surface area contributed by atoms with Gasteiger partial charge in [-0.05, 0) is 34.1 Å². The van der Waals surface area contributed by atoms with Crippen LogP contribution >= 0.6 is 0 Å². The first-order valence-electron chi connectivity index (χ1n) is 4.31. The first-order valence-corrected chi connectivity index (χ1v) is 4.31. The minimum Gasteiger partial charge on any atom is -0.393 e. The predicted octanol–water partition coefficient (Wildman–Crippen LogP) is 1.89. The summed E-state index contributed by atoms with van der Waals surface area (Å²) in [5, 5.41) is 8.86. The molecule has 0 unspecified atom stereocenters. The molecule has 0 aliphatic rings. The average Bonchev–Trinajstić information content (AvgIpc) is 2.02. The topological polar surface area (TPSA) is 38.7 Å². The lowest BCUT2D eigenvalue weighted by Crippen LogP contribution is -2.34. The summed E-state index contributed by atoms with van der Waals surface area (Å²) in [5.74, 6) is 0. The molecule has 1 N–H and O–H groups in total. The fourth-order valence-corrected chi connectivity index (χ4v) is 0.311. The van der Waals surface area contributed by atoms with Gasteiger partial charge in [0.15, 0.2) is 0 Å². The summed E-state index contributed by atoms with van der Waals surface area (Å²) >= 11 is 0. The van der Waals surface area contributed by atoms with E-state index in [0.29, 0.717) is 0 Å². The molecule has 0 amide bonds. The van der Waals surface area contributed by atoms with E-state index in [1.54, 1.807) is 13.8 Å². The number of hydrogen-bond acceptors (Lipinski definition) is 3. The highest BCUT2D eigenvalue weighted by atomic mass is 17.2. The highest BCUT2D eigenvalue weighted by molar-refractivity contribution is 4.66. The molecule has 0 fully saturated rings. The molecule has 12 heavy (non-hydrogen) atoms. The standard InChI is InChI=1S/C9H20O3/c1-6-8(2,3)11-12-9(4,5)7-10/h10H,6-7H2,1-5H3. The first-order chi connectivity index (χ1) is 5.33. The van der Waals surface area contributed by atoms with Gasteiger partial charge in [0.25, 0.3) is 0 Å². The highest BCUT2D eigenvalue weighted by Gasteiger charge is 2.24. The molecule has 0 saturated heterocycles. The number of aliphatic hydroxyl groups excluding tert-OH is 1. The highest BCUT2D eigenvalue weighted by Crippen LogP contribution is 2.18. The van der Waals surface area contributed by atoms with Gasteiger partial charge >= 0.3 is 0 Å². The van der Waals surface area contributed by atoms with Crippen LogP contribution in [0, 0.1) is 0 Å². The first kappa shape index (κ1) is 11.9. The Morgan fingerprint density at radius 3 is 1.75 bits per heavy atom. The Balaban J connectivity index is 3.82. The second kappa shape index (κ2) is 4.21. The third kappa shape index (κ3) is 4.70. The van der Waals surface area contributed by atoms with Gasteiger partial charge in [-0.15, -0.1) is 0 Å². The van der Waals surface area contributed by atoms with E-state index >= 15 is 0 Å². The molecule has 0 aromatic heterocycles. The molecule has 3 nitrogen and oxygen atoms in total. The quantitative estimate of drug-likeness (QED) is 0.513. The van der Waals surface area contributed by atoms with E-state index in [9.17, 15) is 0 Å². The number of rotatable bonds is 5. The minimum atomic E-state index is -0.619. The van der Waals surface area contributed by atoms with Crippen molar-refractivity contribution in [2.45, 2.75) is 52.2 Å². The molecule has 3 heteroatoms. The maximum absolute atomic E-state index is 8.86. The van der Waals surface area contributed by atoms with Gasteiger partial charge in [0.05, 0.1) is 12.2 Å². The molecule has 0 heterocycles. The monoisotopic (exact) mass is 176 g/mol. The average molecular weight is 176 g/mol. The van der Waals surface area contributed by atoms with E-state index in [1.807, 2.05) is 20.8 Å². The van der Waals surface area contributed by atoms with Crippen LogP contribution < -0.4 is 0 Å². The van der Waals surface area contributed by atoms with Crippen LogP contribution in [0.5, 0.6) is 0 Å². The van der Waals surface area contributed by atoms with Crippen molar-refractivity contribution < 1.29 is 14.9 Å². The Hall–Kier alpha value is -0.120. The summed E-state index contributed by atoms with van der Waals surface area (Å²) < 4.78 is 0. The molecular weight excluding hydrogens is 156 g/mol. The summed E-state index contributed by atoms with van der Waals surface area (Å²) in [7, 11) is 0. The van der Waals surface area contributed by atoms with E-state index in [-0.39, 0.29) is 12.2 Å². The third-order valence-electron chi connectivity index (χ3n) is 1.73. The molecule has 0 spiro atoms. The summed E-state index contributed by atoms with van der Waals surface area (Å²) in [6.45, 7) is 9.42. The Morgan fingerprint density at radius 1 is 1.00 bits per heavy atom. The van der Waals surface area contributed by atoms with Crippen molar-refractivity contribution in [3.8, 4) is 0 Å². The van der Waals surface area contributed by atoms with Crippen molar-refractivity contribution in [3.05, 3.63) is 0 Å². The van der Waals surface area contributed by atoms with Crippen molar-refractivity contribution in [3.63, 3.8) is 0 Å². The minimum absolute atomic E-state index is 0.0488. The Bertz CT molecular complexity index is 114. The van der Waals surface area contributed by atoms with Gasteiger partial charge in [-0.1, -0.05) is 6.92 Å². The zero-order chi connectivity index (χ0) is 9.83. The van der Waals surface area contributed by atoms with Crippen molar-refractivity contribution in [2.75, 3.05) is 6.61 Å². The van der Waals surface area contributed by atoms with E-state index in [1.165, 1.54) is 0 Å². The van der Waals surface area contributed by atoms with Gasteiger partial charge < -0.3 is 5.11 Å². The molecule has 0 aromatic rings. The molecule has 0 aliphatic carbocycles. The Morgan fingerprint density at radius 2 is 1.42 bits per heavy atom. The second-order valence-corrected chi connectivity index (χ2v) is 4.20. The SMILES string of the molecule is CCC(C)(C)OOC(C)(C)CO. The van der Waals surface area contributed by atoms with Crippen LogP contribution in [0.25, 0.3) is 0 Å². The zero-order valence-electron chi connectivity index (χ0n) is 8.68. The maximum Gasteiger partial charge on any atom is 0.121 e. The molecule has 0 radical (unpaired) electrons. The van der Waals surface area contributed by atoms with E-state index in [4.69, 9.17) is 14.9 Å². The predicted molar refractivity (Wildman–Crippen MR) is 47.7 cm³/mol. The van der Waals surface area contributed by atoms with E-state index in [2.05, 4.69) is 0 Å². The van der Waals surface area contributed by atoms with Gasteiger partial charge in [0.1, 0.15) is 5.60 Å². The lowest BCUT2D eigenvalue weighted by Gasteiger charge is -2.28. The van der Waals surface area contributed by atoms with Gasteiger partial charge in [-0.3, -0.25) is 0 Å². The van der Waals surface area contributed by atoms with Crippen molar-refractivity contribution in [1.29, 1.82) is 0 Å². The van der Waals surface area contributed by atoms with Gasteiger partial charge in [0.2, 0.25) is 0 Å². The Labute approximate surface area is 74.6 Å². The lowest BCUT2D eigenvalue weighted by atomic mass is 10.1. The normalized spacial score (nSPS) is 13.5.